The van der Waals surface area contributed by atoms with Gasteiger partial charge in [0, 0.05) is 23.9 Å². The monoisotopic (exact) mass is 206 g/mol. The molecule has 1 aliphatic rings. The summed E-state index contributed by atoms with van der Waals surface area (Å²) in [5.41, 5.74) is 2.12. The van der Waals surface area contributed by atoms with Gasteiger partial charge in [-0.05, 0) is 37.8 Å². The second kappa shape index (κ2) is 3.88. The van der Waals surface area contributed by atoms with Crippen molar-refractivity contribution in [3.63, 3.8) is 0 Å². The van der Waals surface area contributed by atoms with Crippen molar-refractivity contribution in [3.8, 4) is 0 Å². The summed E-state index contributed by atoms with van der Waals surface area (Å²) < 4.78 is 0. The zero-order valence-corrected chi connectivity index (χ0v) is 8.69. The SMILES string of the molecule is Cc1cc([N+](=O)[O-])ccc1NC1CCC1. The number of hydrogen-bond donors (Lipinski definition) is 1. The first-order chi connectivity index (χ1) is 7.16. The van der Waals surface area contributed by atoms with Crippen molar-refractivity contribution in [2.75, 3.05) is 5.32 Å². The molecule has 4 nitrogen and oxygen atoms in total. The molecule has 1 aliphatic carbocycles. The number of nitrogens with zero attached hydrogens (tertiary/aromatic N) is 1. The van der Waals surface area contributed by atoms with Gasteiger partial charge in [0.25, 0.3) is 5.69 Å². The molecule has 0 saturated heterocycles. The number of benzene rings is 1. The van der Waals surface area contributed by atoms with Crippen molar-refractivity contribution in [2.24, 2.45) is 0 Å². The van der Waals surface area contributed by atoms with E-state index >= 15 is 0 Å². The van der Waals surface area contributed by atoms with Crippen LogP contribution < -0.4 is 5.32 Å². The van der Waals surface area contributed by atoms with Crippen LogP contribution in [0.1, 0.15) is 24.8 Å². The second-order valence-electron chi connectivity index (χ2n) is 4.03. The quantitative estimate of drug-likeness (QED) is 0.611. The average molecular weight is 206 g/mol. The first-order valence-corrected chi connectivity index (χ1v) is 5.18. The highest BCUT2D eigenvalue weighted by atomic mass is 16.6. The maximum absolute atomic E-state index is 10.5. The van der Waals surface area contributed by atoms with Gasteiger partial charge in [-0.3, -0.25) is 10.1 Å². The molecule has 0 atom stereocenters. The highest BCUT2D eigenvalue weighted by molar-refractivity contribution is 5.56. The van der Waals surface area contributed by atoms with Gasteiger partial charge in [0.1, 0.15) is 0 Å². The summed E-state index contributed by atoms with van der Waals surface area (Å²) in [6.07, 6.45) is 3.69. The Bertz CT molecular complexity index is 386. The molecule has 0 heterocycles. The lowest BCUT2D eigenvalue weighted by molar-refractivity contribution is -0.384. The lowest BCUT2D eigenvalue weighted by Crippen LogP contribution is -2.27. The molecule has 1 N–H and O–H groups in total. The Morgan fingerprint density at radius 2 is 2.20 bits per heavy atom. The molecule has 0 unspecified atom stereocenters. The number of hydrogen-bond acceptors (Lipinski definition) is 3. The zero-order valence-electron chi connectivity index (χ0n) is 8.69. The summed E-state index contributed by atoms with van der Waals surface area (Å²) in [5, 5.41) is 13.9. The lowest BCUT2D eigenvalue weighted by Gasteiger charge is -2.28. The number of nitro groups is 1. The molecule has 1 aromatic carbocycles. The van der Waals surface area contributed by atoms with Gasteiger partial charge in [0.2, 0.25) is 0 Å². The number of rotatable bonds is 3. The maximum Gasteiger partial charge on any atom is 0.269 e. The summed E-state index contributed by atoms with van der Waals surface area (Å²) in [7, 11) is 0. The normalized spacial score (nSPS) is 15.8. The Hall–Kier alpha value is -1.58. The Morgan fingerprint density at radius 3 is 2.67 bits per heavy atom. The van der Waals surface area contributed by atoms with Crippen LogP contribution in [-0.2, 0) is 0 Å². The second-order valence-corrected chi connectivity index (χ2v) is 4.03. The minimum atomic E-state index is -0.361. The molecule has 15 heavy (non-hydrogen) atoms. The number of anilines is 1. The third kappa shape index (κ3) is 2.09. The summed E-state index contributed by atoms with van der Waals surface area (Å²) in [5.74, 6) is 0. The van der Waals surface area contributed by atoms with E-state index in [9.17, 15) is 10.1 Å². The third-order valence-corrected chi connectivity index (χ3v) is 2.89. The third-order valence-electron chi connectivity index (χ3n) is 2.89. The van der Waals surface area contributed by atoms with Crippen molar-refractivity contribution in [1.82, 2.24) is 0 Å². The number of nitrogens with one attached hydrogen (secondary N) is 1. The van der Waals surface area contributed by atoms with Gasteiger partial charge >= 0.3 is 0 Å². The van der Waals surface area contributed by atoms with E-state index in [1.54, 1.807) is 18.2 Å². The number of non-ortho nitro benzene ring substituents is 1. The van der Waals surface area contributed by atoms with E-state index in [1.807, 2.05) is 6.92 Å². The highest BCUT2D eigenvalue weighted by Crippen LogP contribution is 2.27. The van der Waals surface area contributed by atoms with Crippen LogP contribution in [0.5, 0.6) is 0 Å². The number of nitro benzene ring substituents is 1. The van der Waals surface area contributed by atoms with Crippen molar-refractivity contribution >= 4 is 11.4 Å². The van der Waals surface area contributed by atoms with Crippen molar-refractivity contribution in [1.29, 1.82) is 0 Å². The van der Waals surface area contributed by atoms with Crippen LogP contribution in [0.15, 0.2) is 18.2 Å². The van der Waals surface area contributed by atoms with Crippen LogP contribution in [0.25, 0.3) is 0 Å². The average Bonchev–Trinajstić information content (AvgIpc) is 2.12. The molecule has 2 rings (SSSR count). The van der Waals surface area contributed by atoms with Crippen LogP contribution in [0.2, 0.25) is 0 Å². The minimum absolute atomic E-state index is 0.159. The highest BCUT2D eigenvalue weighted by Gasteiger charge is 2.18. The van der Waals surface area contributed by atoms with Gasteiger partial charge in [0.15, 0.2) is 0 Å². The van der Waals surface area contributed by atoms with E-state index in [0.29, 0.717) is 6.04 Å². The molecule has 0 amide bonds. The summed E-state index contributed by atoms with van der Waals surface area (Å²) in [4.78, 5) is 10.2. The van der Waals surface area contributed by atoms with Gasteiger partial charge in [-0.15, -0.1) is 0 Å². The van der Waals surface area contributed by atoms with Gasteiger partial charge in [-0.1, -0.05) is 0 Å². The molecule has 1 saturated carbocycles. The first-order valence-electron chi connectivity index (χ1n) is 5.18. The molecule has 4 heteroatoms. The molecule has 0 bridgehead atoms. The zero-order chi connectivity index (χ0) is 10.8. The lowest BCUT2D eigenvalue weighted by atomic mass is 9.92. The molecule has 0 spiro atoms. The van der Waals surface area contributed by atoms with Crippen LogP contribution in [-0.4, -0.2) is 11.0 Å². The van der Waals surface area contributed by atoms with Crippen molar-refractivity contribution in [3.05, 3.63) is 33.9 Å². The molecule has 80 valence electrons. The van der Waals surface area contributed by atoms with E-state index < -0.39 is 0 Å². The van der Waals surface area contributed by atoms with Crippen molar-refractivity contribution < 1.29 is 4.92 Å². The van der Waals surface area contributed by atoms with Gasteiger partial charge in [-0.2, -0.15) is 0 Å². The predicted octanol–water partition coefficient (Wildman–Crippen LogP) is 2.87. The van der Waals surface area contributed by atoms with E-state index in [-0.39, 0.29) is 10.6 Å². The molecule has 1 aromatic rings. The van der Waals surface area contributed by atoms with E-state index in [1.165, 1.54) is 19.3 Å². The minimum Gasteiger partial charge on any atom is -0.382 e. The molecule has 0 aliphatic heterocycles. The van der Waals surface area contributed by atoms with Crippen molar-refractivity contribution in [2.45, 2.75) is 32.2 Å². The fraction of sp³-hybridized carbons (Fsp3) is 0.455. The topological polar surface area (TPSA) is 55.2 Å². The van der Waals surface area contributed by atoms with Gasteiger partial charge in [0.05, 0.1) is 4.92 Å². The summed E-state index contributed by atoms with van der Waals surface area (Å²) >= 11 is 0. The fourth-order valence-electron chi connectivity index (χ4n) is 1.70. The van der Waals surface area contributed by atoms with E-state index in [0.717, 1.165) is 11.3 Å². The summed E-state index contributed by atoms with van der Waals surface area (Å²) in [6.45, 7) is 1.90. The number of aryl methyl sites for hydroxylation is 1. The first kappa shape index (κ1) is 9.96. The summed E-state index contributed by atoms with van der Waals surface area (Å²) in [6, 6.07) is 5.52. The molecular weight excluding hydrogens is 192 g/mol. The molecular formula is C11H14N2O2. The van der Waals surface area contributed by atoms with Gasteiger partial charge < -0.3 is 5.32 Å². The Kier molecular flexibility index (Phi) is 2.58. The standard InChI is InChI=1S/C11H14N2O2/c1-8-7-10(13(14)15)5-6-11(8)12-9-3-2-4-9/h5-7,9,12H,2-4H2,1H3. The largest absolute Gasteiger partial charge is 0.382 e. The molecule has 0 aromatic heterocycles. The maximum atomic E-state index is 10.5. The van der Waals surface area contributed by atoms with Crippen LogP contribution >= 0.6 is 0 Å². The fourth-order valence-corrected chi connectivity index (χ4v) is 1.70. The van der Waals surface area contributed by atoms with E-state index in [2.05, 4.69) is 5.32 Å². The molecule has 1 fully saturated rings. The van der Waals surface area contributed by atoms with Crippen LogP contribution in [0, 0.1) is 17.0 Å². The Morgan fingerprint density at radius 1 is 1.47 bits per heavy atom. The van der Waals surface area contributed by atoms with Crippen LogP contribution in [0.4, 0.5) is 11.4 Å². The molecule has 0 radical (unpaired) electrons. The Balaban J connectivity index is 2.14. The van der Waals surface area contributed by atoms with E-state index in [4.69, 9.17) is 0 Å². The Labute approximate surface area is 88.5 Å². The smallest absolute Gasteiger partial charge is 0.269 e. The predicted molar refractivity (Wildman–Crippen MR) is 59.1 cm³/mol. The van der Waals surface area contributed by atoms with Crippen LogP contribution in [0.3, 0.4) is 0 Å². The van der Waals surface area contributed by atoms with Gasteiger partial charge in [-0.25, -0.2) is 0 Å².